The summed E-state index contributed by atoms with van der Waals surface area (Å²) in [4.78, 5) is 23.7. The van der Waals surface area contributed by atoms with Gasteiger partial charge < -0.3 is 4.74 Å². The highest BCUT2D eigenvalue weighted by Gasteiger charge is 2.30. The van der Waals surface area contributed by atoms with E-state index >= 15 is 0 Å². The lowest BCUT2D eigenvalue weighted by atomic mass is 10.2. The van der Waals surface area contributed by atoms with Crippen LogP contribution in [-0.2, 0) is 14.3 Å². The molecule has 0 fully saturated rings. The monoisotopic (exact) mass is 274 g/mol. The first-order valence-corrected chi connectivity index (χ1v) is 6.76. The van der Waals surface area contributed by atoms with Gasteiger partial charge in [0.05, 0.1) is 18.7 Å². The number of hydrogen-bond donors (Lipinski definition) is 0. The molecular formula is C15H18N2O3. The summed E-state index contributed by atoms with van der Waals surface area (Å²) in [5.74, 6) is -0.710. The molecule has 0 aromatic heterocycles. The minimum atomic E-state index is -0.499. The molecule has 1 amide bonds. The number of unbranched alkanes of at least 4 members (excludes halogenated alkanes) is 1. The molecule has 0 unspecified atom stereocenters. The van der Waals surface area contributed by atoms with E-state index in [-0.39, 0.29) is 18.0 Å². The van der Waals surface area contributed by atoms with Crippen molar-refractivity contribution in [2.24, 2.45) is 5.10 Å². The molecule has 0 N–H and O–H groups in total. The van der Waals surface area contributed by atoms with E-state index in [0.717, 1.165) is 18.4 Å². The Morgan fingerprint density at radius 3 is 2.70 bits per heavy atom. The third-order valence-electron chi connectivity index (χ3n) is 3.02. The van der Waals surface area contributed by atoms with Crippen molar-refractivity contribution in [3.8, 4) is 0 Å². The van der Waals surface area contributed by atoms with Gasteiger partial charge in [0.2, 0.25) is 0 Å². The minimum absolute atomic E-state index is 0.00116. The van der Waals surface area contributed by atoms with E-state index < -0.39 is 5.97 Å². The Morgan fingerprint density at radius 1 is 1.35 bits per heavy atom. The molecule has 0 saturated heterocycles. The Labute approximate surface area is 118 Å². The van der Waals surface area contributed by atoms with Crippen molar-refractivity contribution < 1.29 is 14.3 Å². The van der Waals surface area contributed by atoms with Gasteiger partial charge in [-0.25, -0.2) is 4.79 Å². The zero-order valence-corrected chi connectivity index (χ0v) is 11.8. The van der Waals surface area contributed by atoms with Crippen LogP contribution in [0.2, 0.25) is 0 Å². The molecule has 0 spiro atoms. The molecule has 0 radical (unpaired) electrons. The predicted octanol–water partition coefficient (Wildman–Crippen LogP) is 2.43. The van der Waals surface area contributed by atoms with Gasteiger partial charge >= 0.3 is 5.97 Å². The van der Waals surface area contributed by atoms with Crippen LogP contribution in [0.4, 0.5) is 5.69 Å². The van der Waals surface area contributed by atoms with Crippen LogP contribution in [0.3, 0.4) is 0 Å². The average Bonchev–Trinajstić information content (AvgIpc) is 2.82. The Kier molecular flexibility index (Phi) is 4.50. The van der Waals surface area contributed by atoms with Crippen LogP contribution in [-0.4, -0.2) is 24.2 Å². The second kappa shape index (κ2) is 6.32. The topological polar surface area (TPSA) is 59.0 Å². The maximum atomic E-state index is 11.9. The smallest absolute Gasteiger partial charge is 0.355 e. The van der Waals surface area contributed by atoms with E-state index in [4.69, 9.17) is 4.74 Å². The second-order valence-corrected chi connectivity index (χ2v) is 4.75. The van der Waals surface area contributed by atoms with E-state index in [9.17, 15) is 9.59 Å². The molecule has 0 saturated carbocycles. The van der Waals surface area contributed by atoms with Crippen molar-refractivity contribution in [3.63, 3.8) is 0 Å². The highest BCUT2D eigenvalue weighted by molar-refractivity contribution is 6.42. The van der Waals surface area contributed by atoms with Crippen LogP contribution >= 0.6 is 0 Å². The Hall–Kier alpha value is -2.17. The van der Waals surface area contributed by atoms with Gasteiger partial charge in [0.1, 0.15) is 0 Å². The van der Waals surface area contributed by atoms with E-state index in [1.165, 1.54) is 5.01 Å². The number of rotatable bonds is 5. The Bertz CT molecular complexity index is 535. The third-order valence-corrected chi connectivity index (χ3v) is 3.02. The van der Waals surface area contributed by atoms with Crippen LogP contribution in [0.5, 0.6) is 0 Å². The summed E-state index contributed by atoms with van der Waals surface area (Å²) in [5.41, 5.74) is 1.94. The van der Waals surface area contributed by atoms with Crippen molar-refractivity contribution in [2.45, 2.75) is 33.1 Å². The first-order valence-electron chi connectivity index (χ1n) is 6.76. The molecule has 0 atom stereocenters. The Balaban J connectivity index is 2.06. The summed E-state index contributed by atoms with van der Waals surface area (Å²) in [7, 11) is 0. The first-order chi connectivity index (χ1) is 9.61. The molecule has 5 nitrogen and oxygen atoms in total. The number of carbonyl (C=O) groups is 2. The van der Waals surface area contributed by atoms with E-state index in [0.29, 0.717) is 12.3 Å². The zero-order chi connectivity index (χ0) is 14.5. The highest BCUT2D eigenvalue weighted by Crippen LogP contribution is 2.21. The predicted molar refractivity (Wildman–Crippen MR) is 76.6 cm³/mol. The van der Waals surface area contributed by atoms with Gasteiger partial charge in [-0.3, -0.25) is 4.79 Å². The summed E-state index contributed by atoms with van der Waals surface area (Å²) in [6.07, 6.45) is 1.77. The van der Waals surface area contributed by atoms with Crippen molar-refractivity contribution in [1.29, 1.82) is 0 Å². The molecule has 1 aromatic rings. The molecular weight excluding hydrogens is 256 g/mol. The molecule has 106 valence electrons. The van der Waals surface area contributed by atoms with Crippen LogP contribution < -0.4 is 5.01 Å². The fourth-order valence-corrected chi connectivity index (χ4v) is 1.82. The lowest BCUT2D eigenvalue weighted by Crippen LogP contribution is -2.19. The number of carbonyl (C=O) groups excluding carboxylic acids is 2. The minimum Gasteiger partial charge on any atom is -0.461 e. The fourth-order valence-electron chi connectivity index (χ4n) is 1.82. The lowest BCUT2D eigenvalue weighted by Gasteiger charge is -2.11. The van der Waals surface area contributed by atoms with Gasteiger partial charge in [-0.2, -0.15) is 10.1 Å². The number of hydrazone groups is 1. The molecule has 1 aromatic carbocycles. The van der Waals surface area contributed by atoms with Crippen molar-refractivity contribution in [2.75, 3.05) is 11.6 Å². The maximum Gasteiger partial charge on any atom is 0.355 e. The lowest BCUT2D eigenvalue weighted by molar-refractivity contribution is -0.136. The zero-order valence-electron chi connectivity index (χ0n) is 11.8. The summed E-state index contributed by atoms with van der Waals surface area (Å²) in [6, 6.07) is 7.41. The van der Waals surface area contributed by atoms with Crippen LogP contribution in [0.15, 0.2) is 29.4 Å². The van der Waals surface area contributed by atoms with Crippen molar-refractivity contribution in [3.05, 3.63) is 29.8 Å². The standard InChI is InChI=1S/C15H18N2O3/c1-3-4-9-20-15(19)13-10-14(18)17(16-13)12-7-5-11(2)6-8-12/h5-8H,3-4,9-10H2,1-2H3. The summed E-state index contributed by atoms with van der Waals surface area (Å²) in [6.45, 7) is 4.35. The van der Waals surface area contributed by atoms with Crippen LogP contribution in [0.25, 0.3) is 0 Å². The molecule has 0 bridgehead atoms. The molecule has 5 heteroatoms. The van der Waals surface area contributed by atoms with Gasteiger partial charge in [-0.15, -0.1) is 0 Å². The van der Waals surface area contributed by atoms with E-state index in [1.54, 1.807) is 0 Å². The molecule has 1 heterocycles. The van der Waals surface area contributed by atoms with E-state index in [2.05, 4.69) is 5.10 Å². The average molecular weight is 274 g/mol. The normalized spacial score (nSPS) is 14.4. The van der Waals surface area contributed by atoms with Crippen molar-refractivity contribution >= 4 is 23.3 Å². The number of benzene rings is 1. The van der Waals surface area contributed by atoms with Crippen LogP contribution in [0, 0.1) is 6.92 Å². The molecule has 2 rings (SSSR count). The number of amides is 1. The van der Waals surface area contributed by atoms with Gasteiger partial charge in [-0.05, 0) is 25.5 Å². The van der Waals surface area contributed by atoms with Gasteiger partial charge in [0, 0.05) is 0 Å². The maximum absolute atomic E-state index is 11.9. The Morgan fingerprint density at radius 2 is 2.05 bits per heavy atom. The number of esters is 1. The number of nitrogens with zero attached hydrogens (tertiary/aromatic N) is 2. The van der Waals surface area contributed by atoms with Crippen molar-refractivity contribution in [1.82, 2.24) is 0 Å². The summed E-state index contributed by atoms with van der Waals surface area (Å²) in [5, 5.41) is 5.33. The number of anilines is 1. The number of hydrogen-bond acceptors (Lipinski definition) is 4. The largest absolute Gasteiger partial charge is 0.461 e. The summed E-state index contributed by atoms with van der Waals surface area (Å²) < 4.78 is 5.07. The van der Waals surface area contributed by atoms with Gasteiger partial charge in [0.25, 0.3) is 5.91 Å². The first kappa shape index (κ1) is 14.2. The molecule has 1 aliphatic rings. The third kappa shape index (κ3) is 3.23. The summed E-state index contributed by atoms with van der Waals surface area (Å²) >= 11 is 0. The quantitative estimate of drug-likeness (QED) is 0.612. The second-order valence-electron chi connectivity index (χ2n) is 4.75. The number of ether oxygens (including phenoxy) is 1. The highest BCUT2D eigenvalue weighted by atomic mass is 16.5. The molecule has 0 aliphatic carbocycles. The van der Waals surface area contributed by atoms with E-state index in [1.807, 2.05) is 38.1 Å². The molecule has 1 aliphatic heterocycles. The molecule has 20 heavy (non-hydrogen) atoms. The van der Waals surface area contributed by atoms with Crippen LogP contribution in [0.1, 0.15) is 31.7 Å². The van der Waals surface area contributed by atoms with Gasteiger partial charge in [-0.1, -0.05) is 31.0 Å². The SMILES string of the molecule is CCCCOC(=O)C1=NN(c2ccc(C)cc2)C(=O)C1. The van der Waals surface area contributed by atoms with Gasteiger partial charge in [0.15, 0.2) is 5.71 Å². The fraction of sp³-hybridized carbons (Fsp3) is 0.400. The number of aryl methyl sites for hydroxylation is 1.